The van der Waals surface area contributed by atoms with Crippen molar-refractivity contribution in [3.63, 3.8) is 0 Å². The fourth-order valence-electron chi connectivity index (χ4n) is 1.15. The van der Waals surface area contributed by atoms with Gasteiger partial charge in [0.1, 0.15) is 4.60 Å². The first kappa shape index (κ1) is 6.98. The van der Waals surface area contributed by atoms with Crippen LogP contribution < -0.4 is 0 Å². The third kappa shape index (κ3) is 1.33. The molecule has 0 radical (unpaired) electrons. The molecule has 56 valence electrons. The van der Waals surface area contributed by atoms with Crippen LogP contribution >= 0.6 is 15.9 Å². The summed E-state index contributed by atoms with van der Waals surface area (Å²) in [4.78, 5) is 8.54. The van der Waals surface area contributed by atoms with E-state index in [1.807, 2.05) is 6.08 Å². The van der Waals surface area contributed by atoms with E-state index in [1.165, 1.54) is 0 Å². The summed E-state index contributed by atoms with van der Waals surface area (Å²) in [5.41, 5.74) is 2.11. The Hall–Kier alpha value is -0.700. The summed E-state index contributed by atoms with van der Waals surface area (Å²) in [5.74, 6) is 0. The lowest BCUT2D eigenvalue weighted by atomic mass is 10.1. The fraction of sp³-hybridized carbons (Fsp3) is 0.250. The lowest BCUT2D eigenvalue weighted by molar-refractivity contribution is 0.896. The van der Waals surface area contributed by atoms with Gasteiger partial charge in [0.2, 0.25) is 0 Å². The van der Waals surface area contributed by atoms with Gasteiger partial charge in [-0.25, -0.2) is 4.98 Å². The van der Waals surface area contributed by atoms with Gasteiger partial charge in [0.15, 0.2) is 0 Å². The average molecular weight is 211 g/mol. The first-order valence-electron chi connectivity index (χ1n) is 3.54. The number of aryl methyl sites for hydroxylation is 1. The molecule has 0 fully saturated rings. The van der Waals surface area contributed by atoms with Crippen molar-refractivity contribution < 1.29 is 0 Å². The van der Waals surface area contributed by atoms with Crippen molar-refractivity contribution in [3.05, 3.63) is 28.3 Å². The van der Waals surface area contributed by atoms with Crippen molar-refractivity contribution in [2.45, 2.75) is 12.8 Å². The zero-order chi connectivity index (χ0) is 7.68. The lowest BCUT2D eigenvalue weighted by Crippen LogP contribution is -2.00. The van der Waals surface area contributed by atoms with Crippen LogP contribution in [-0.2, 0) is 6.42 Å². The molecule has 0 bridgehead atoms. The number of allylic oxidation sites excluding steroid dienone is 1. The van der Waals surface area contributed by atoms with Crippen LogP contribution in [0.25, 0.3) is 6.08 Å². The van der Waals surface area contributed by atoms with Crippen LogP contribution in [0, 0.1) is 0 Å². The maximum absolute atomic E-state index is 4.28. The van der Waals surface area contributed by atoms with E-state index in [9.17, 15) is 0 Å². The number of aromatic nitrogens is 2. The van der Waals surface area contributed by atoms with E-state index in [1.54, 1.807) is 6.20 Å². The molecule has 0 unspecified atom stereocenters. The second-order valence-corrected chi connectivity index (χ2v) is 3.28. The smallest absolute Gasteiger partial charge is 0.125 e. The van der Waals surface area contributed by atoms with Crippen molar-refractivity contribution in [3.8, 4) is 0 Å². The van der Waals surface area contributed by atoms with Crippen LogP contribution in [0.15, 0.2) is 16.9 Å². The zero-order valence-corrected chi connectivity index (χ0v) is 7.50. The Morgan fingerprint density at radius 1 is 1.45 bits per heavy atom. The highest BCUT2D eigenvalue weighted by atomic mass is 79.9. The van der Waals surface area contributed by atoms with Gasteiger partial charge in [0, 0.05) is 0 Å². The van der Waals surface area contributed by atoms with E-state index in [-0.39, 0.29) is 0 Å². The summed E-state index contributed by atoms with van der Waals surface area (Å²) in [6.45, 7) is 0. The van der Waals surface area contributed by atoms with E-state index in [0.29, 0.717) is 0 Å². The third-order valence-corrected chi connectivity index (χ3v) is 2.06. The Labute approximate surface area is 73.5 Å². The van der Waals surface area contributed by atoms with Crippen molar-refractivity contribution in [2.75, 3.05) is 0 Å². The van der Waals surface area contributed by atoms with Gasteiger partial charge >= 0.3 is 0 Å². The van der Waals surface area contributed by atoms with E-state index >= 15 is 0 Å². The first-order valence-corrected chi connectivity index (χ1v) is 4.33. The van der Waals surface area contributed by atoms with Gasteiger partial charge in [0.05, 0.1) is 17.6 Å². The molecular formula is C8H7BrN2. The van der Waals surface area contributed by atoms with Crippen molar-refractivity contribution in [2.24, 2.45) is 0 Å². The van der Waals surface area contributed by atoms with Gasteiger partial charge in [0.25, 0.3) is 0 Å². The summed E-state index contributed by atoms with van der Waals surface area (Å²) < 4.78 is 0.808. The van der Waals surface area contributed by atoms with Gasteiger partial charge in [-0.3, -0.25) is 4.98 Å². The molecule has 1 aromatic heterocycles. The molecule has 1 heterocycles. The minimum absolute atomic E-state index is 0.808. The summed E-state index contributed by atoms with van der Waals surface area (Å²) in [7, 11) is 0. The van der Waals surface area contributed by atoms with E-state index < -0.39 is 0 Å². The first-order chi connectivity index (χ1) is 5.36. The molecule has 0 spiro atoms. The molecule has 1 aliphatic rings. The van der Waals surface area contributed by atoms with Crippen LogP contribution in [-0.4, -0.2) is 9.97 Å². The SMILES string of the molecule is Brc1cnc2c(n1)C=CCC2. The molecule has 3 heteroatoms. The lowest BCUT2D eigenvalue weighted by Gasteiger charge is -2.06. The predicted molar refractivity (Wildman–Crippen MR) is 47.1 cm³/mol. The molecule has 0 atom stereocenters. The fourth-order valence-corrected chi connectivity index (χ4v) is 1.44. The molecule has 0 amide bonds. The molecule has 0 N–H and O–H groups in total. The number of nitrogens with zero attached hydrogens (tertiary/aromatic N) is 2. The quantitative estimate of drug-likeness (QED) is 0.657. The molecule has 0 aromatic carbocycles. The maximum Gasteiger partial charge on any atom is 0.125 e. The molecule has 11 heavy (non-hydrogen) atoms. The molecule has 0 saturated carbocycles. The Bertz CT molecular complexity index is 307. The van der Waals surface area contributed by atoms with Crippen LogP contribution in [0.1, 0.15) is 17.8 Å². The van der Waals surface area contributed by atoms with Crippen LogP contribution in [0.4, 0.5) is 0 Å². The standard InChI is InChI=1S/C8H7BrN2/c9-8-5-10-6-3-1-2-4-7(6)11-8/h2,4-5H,1,3H2. The highest BCUT2D eigenvalue weighted by Crippen LogP contribution is 2.16. The van der Waals surface area contributed by atoms with Crippen molar-refractivity contribution >= 4 is 22.0 Å². The topological polar surface area (TPSA) is 25.8 Å². The van der Waals surface area contributed by atoms with E-state index in [2.05, 4.69) is 32.0 Å². The predicted octanol–water partition coefficient (Wildman–Crippen LogP) is 2.20. The highest BCUT2D eigenvalue weighted by molar-refractivity contribution is 9.10. The highest BCUT2D eigenvalue weighted by Gasteiger charge is 2.06. The molecule has 1 aliphatic carbocycles. The van der Waals surface area contributed by atoms with Crippen LogP contribution in [0.2, 0.25) is 0 Å². The van der Waals surface area contributed by atoms with Crippen molar-refractivity contribution in [1.82, 2.24) is 9.97 Å². The van der Waals surface area contributed by atoms with Crippen LogP contribution in [0.5, 0.6) is 0 Å². The molecule has 0 aliphatic heterocycles. The Morgan fingerprint density at radius 3 is 3.27 bits per heavy atom. The zero-order valence-electron chi connectivity index (χ0n) is 5.92. The van der Waals surface area contributed by atoms with E-state index in [0.717, 1.165) is 28.8 Å². The normalized spacial score (nSPS) is 14.6. The largest absolute Gasteiger partial charge is 0.256 e. The average Bonchev–Trinajstić information content (AvgIpc) is 2.04. The molecule has 0 saturated heterocycles. The molecular weight excluding hydrogens is 204 g/mol. The molecule has 1 aromatic rings. The number of fused-ring (bicyclic) bond motifs is 1. The van der Waals surface area contributed by atoms with Gasteiger partial charge in [-0.1, -0.05) is 6.08 Å². The molecule has 2 nitrogen and oxygen atoms in total. The number of hydrogen-bond donors (Lipinski definition) is 0. The Morgan fingerprint density at radius 2 is 2.36 bits per heavy atom. The van der Waals surface area contributed by atoms with Gasteiger partial charge in [-0.05, 0) is 34.8 Å². The monoisotopic (exact) mass is 210 g/mol. The number of hydrogen-bond acceptors (Lipinski definition) is 2. The van der Waals surface area contributed by atoms with Gasteiger partial charge in [-0.15, -0.1) is 0 Å². The second kappa shape index (κ2) is 2.74. The van der Waals surface area contributed by atoms with Gasteiger partial charge < -0.3 is 0 Å². The minimum Gasteiger partial charge on any atom is -0.256 e. The van der Waals surface area contributed by atoms with Gasteiger partial charge in [-0.2, -0.15) is 0 Å². The Balaban J connectivity index is 2.54. The Kier molecular flexibility index (Phi) is 1.74. The maximum atomic E-state index is 4.28. The summed E-state index contributed by atoms with van der Waals surface area (Å²) in [6.07, 6.45) is 8.01. The van der Waals surface area contributed by atoms with E-state index in [4.69, 9.17) is 0 Å². The van der Waals surface area contributed by atoms with Crippen LogP contribution in [0.3, 0.4) is 0 Å². The minimum atomic E-state index is 0.808. The number of halogens is 1. The summed E-state index contributed by atoms with van der Waals surface area (Å²) in [5, 5.41) is 0. The second-order valence-electron chi connectivity index (χ2n) is 2.47. The molecule has 2 rings (SSSR count). The summed E-state index contributed by atoms with van der Waals surface area (Å²) in [6, 6.07) is 0. The third-order valence-electron chi connectivity index (χ3n) is 1.67. The summed E-state index contributed by atoms with van der Waals surface area (Å²) >= 11 is 3.28. The number of rotatable bonds is 0. The van der Waals surface area contributed by atoms with Crippen molar-refractivity contribution in [1.29, 1.82) is 0 Å².